The predicted molar refractivity (Wildman–Crippen MR) is 89.0 cm³/mol. The third kappa shape index (κ3) is 3.21. The summed E-state index contributed by atoms with van der Waals surface area (Å²) < 4.78 is 7.57. The zero-order chi connectivity index (χ0) is 17.2. The summed E-state index contributed by atoms with van der Waals surface area (Å²) in [6.07, 6.45) is 5.97. The monoisotopic (exact) mass is 348 g/mol. The summed E-state index contributed by atoms with van der Waals surface area (Å²) in [6.45, 7) is 2.60. The summed E-state index contributed by atoms with van der Waals surface area (Å²) in [4.78, 5) is 28.7. The van der Waals surface area contributed by atoms with Crippen molar-refractivity contribution in [3.05, 3.63) is 41.9 Å². The molecule has 0 saturated heterocycles. The number of benzene rings is 1. The van der Waals surface area contributed by atoms with Crippen molar-refractivity contribution < 1.29 is 14.3 Å². The van der Waals surface area contributed by atoms with Crippen LogP contribution < -0.4 is 15.4 Å². The van der Waals surface area contributed by atoms with Gasteiger partial charge in [0.2, 0.25) is 0 Å². The topological polar surface area (TPSA) is 85.2 Å². The van der Waals surface area contributed by atoms with E-state index < -0.39 is 17.4 Å². The second kappa shape index (κ2) is 6.52. The highest BCUT2D eigenvalue weighted by molar-refractivity contribution is 6.31. The summed E-state index contributed by atoms with van der Waals surface area (Å²) >= 11 is 5.89. The lowest BCUT2D eigenvalue weighted by Crippen LogP contribution is -2.58. The second-order valence-corrected chi connectivity index (χ2v) is 6.08. The smallest absolute Gasteiger partial charge is 0.278 e. The minimum atomic E-state index is -1.62. The fourth-order valence-corrected chi connectivity index (χ4v) is 2.57. The first-order valence-electron chi connectivity index (χ1n) is 7.53. The van der Waals surface area contributed by atoms with Gasteiger partial charge in [-0.15, -0.1) is 0 Å². The fourth-order valence-electron chi connectivity index (χ4n) is 2.40. The van der Waals surface area contributed by atoms with Gasteiger partial charge in [0.05, 0.1) is 12.0 Å². The van der Waals surface area contributed by atoms with Crippen LogP contribution in [0.25, 0.3) is 0 Å². The molecule has 1 aliphatic rings. The maximum atomic E-state index is 12.4. The molecule has 0 unspecified atom stereocenters. The average molecular weight is 349 g/mol. The molecule has 8 heteroatoms. The van der Waals surface area contributed by atoms with Gasteiger partial charge in [-0.25, -0.2) is 4.98 Å². The Morgan fingerprint density at radius 1 is 1.50 bits per heavy atom. The van der Waals surface area contributed by atoms with Gasteiger partial charge in [0, 0.05) is 30.5 Å². The Hall–Kier alpha value is -2.54. The third-order valence-corrected chi connectivity index (χ3v) is 4.04. The maximum absolute atomic E-state index is 12.4. The lowest BCUT2D eigenvalue weighted by molar-refractivity contribution is -0.146. The van der Waals surface area contributed by atoms with Gasteiger partial charge in [-0.2, -0.15) is 0 Å². The molecule has 2 aromatic rings. The molecule has 126 valence electrons. The van der Waals surface area contributed by atoms with Crippen molar-refractivity contribution in [2.24, 2.45) is 0 Å². The van der Waals surface area contributed by atoms with Crippen LogP contribution in [0.4, 0.5) is 5.69 Å². The summed E-state index contributed by atoms with van der Waals surface area (Å²) in [5.74, 6) is -0.592. The lowest BCUT2D eigenvalue weighted by atomic mass is 10.0. The van der Waals surface area contributed by atoms with Crippen molar-refractivity contribution in [3.8, 4) is 5.75 Å². The van der Waals surface area contributed by atoms with E-state index in [0.29, 0.717) is 29.4 Å². The molecule has 0 fully saturated rings. The summed E-state index contributed by atoms with van der Waals surface area (Å²) in [5.41, 5.74) is -1.16. The standard InChI is InChI=1S/C16H17ClN4O3/c1-16(14(22)19-5-2-7-21-8-6-18-10-21)15(23)20-12-9-11(17)3-4-13(12)24-16/h3-4,6,8-10H,2,5,7H2,1H3,(H,19,22)(H,20,23)/t16-/m1/s1. The number of carbonyl (C=O) groups is 2. The van der Waals surface area contributed by atoms with Crippen LogP contribution in [0.15, 0.2) is 36.9 Å². The SMILES string of the molecule is C[C@]1(C(=O)NCCCn2ccnc2)Oc2ccc(Cl)cc2NC1=O. The number of nitrogens with one attached hydrogen (secondary N) is 2. The molecule has 2 N–H and O–H groups in total. The Bertz CT molecular complexity index is 763. The van der Waals surface area contributed by atoms with E-state index in [2.05, 4.69) is 15.6 Å². The van der Waals surface area contributed by atoms with E-state index in [1.54, 1.807) is 30.7 Å². The highest BCUT2D eigenvalue weighted by Gasteiger charge is 2.47. The Labute approximate surface area is 144 Å². The molecule has 7 nitrogen and oxygen atoms in total. The number of hydrogen-bond acceptors (Lipinski definition) is 4. The number of aryl methyl sites for hydroxylation is 1. The van der Waals surface area contributed by atoms with Crippen molar-refractivity contribution in [2.75, 3.05) is 11.9 Å². The number of fused-ring (bicyclic) bond motifs is 1. The number of hydrogen-bond donors (Lipinski definition) is 2. The molecule has 3 rings (SSSR count). The van der Waals surface area contributed by atoms with Crippen LogP contribution in [0.2, 0.25) is 5.02 Å². The van der Waals surface area contributed by atoms with Crippen molar-refractivity contribution in [1.29, 1.82) is 0 Å². The van der Waals surface area contributed by atoms with Crippen LogP contribution >= 0.6 is 11.6 Å². The Kier molecular flexibility index (Phi) is 4.44. The number of aromatic nitrogens is 2. The van der Waals surface area contributed by atoms with Crippen LogP contribution in [0, 0.1) is 0 Å². The molecule has 1 aromatic heterocycles. The number of ether oxygens (including phenoxy) is 1. The zero-order valence-corrected chi connectivity index (χ0v) is 13.8. The van der Waals surface area contributed by atoms with Gasteiger partial charge in [-0.3, -0.25) is 9.59 Å². The van der Waals surface area contributed by atoms with Gasteiger partial charge >= 0.3 is 0 Å². The first-order chi connectivity index (χ1) is 11.5. The first-order valence-corrected chi connectivity index (χ1v) is 7.91. The Morgan fingerprint density at radius 3 is 3.08 bits per heavy atom. The zero-order valence-electron chi connectivity index (χ0n) is 13.1. The highest BCUT2D eigenvalue weighted by atomic mass is 35.5. The molecular formula is C16H17ClN4O3. The highest BCUT2D eigenvalue weighted by Crippen LogP contribution is 2.35. The van der Waals surface area contributed by atoms with Crippen LogP contribution in [0.3, 0.4) is 0 Å². The molecule has 0 saturated carbocycles. The number of anilines is 1. The number of nitrogens with zero attached hydrogens (tertiary/aromatic N) is 2. The van der Waals surface area contributed by atoms with E-state index in [1.165, 1.54) is 6.92 Å². The second-order valence-electron chi connectivity index (χ2n) is 5.64. The quantitative estimate of drug-likeness (QED) is 0.637. The van der Waals surface area contributed by atoms with Gasteiger partial charge in [-0.1, -0.05) is 11.6 Å². The van der Waals surface area contributed by atoms with Gasteiger partial charge in [0.15, 0.2) is 0 Å². The van der Waals surface area contributed by atoms with Crippen LogP contribution in [-0.2, 0) is 16.1 Å². The van der Waals surface area contributed by atoms with E-state index in [9.17, 15) is 9.59 Å². The maximum Gasteiger partial charge on any atom is 0.278 e. The molecule has 0 radical (unpaired) electrons. The largest absolute Gasteiger partial charge is 0.466 e. The normalized spacial score (nSPS) is 19.2. The lowest BCUT2D eigenvalue weighted by Gasteiger charge is -2.33. The molecule has 1 atom stereocenters. The van der Waals surface area contributed by atoms with Crippen LogP contribution in [0.1, 0.15) is 13.3 Å². The van der Waals surface area contributed by atoms with Gasteiger partial charge in [-0.05, 0) is 31.5 Å². The molecule has 24 heavy (non-hydrogen) atoms. The molecule has 0 spiro atoms. The molecule has 1 aliphatic heterocycles. The predicted octanol–water partition coefficient (Wildman–Crippen LogP) is 1.83. The Morgan fingerprint density at radius 2 is 2.33 bits per heavy atom. The van der Waals surface area contributed by atoms with Crippen LogP contribution in [0.5, 0.6) is 5.75 Å². The van der Waals surface area contributed by atoms with Crippen molar-refractivity contribution >= 4 is 29.1 Å². The average Bonchev–Trinajstić information content (AvgIpc) is 3.06. The first kappa shape index (κ1) is 16.3. The third-order valence-electron chi connectivity index (χ3n) is 3.81. The number of amides is 2. The fraction of sp³-hybridized carbons (Fsp3) is 0.312. The molecule has 0 bridgehead atoms. The number of rotatable bonds is 5. The number of imidazole rings is 1. The summed E-state index contributed by atoms with van der Waals surface area (Å²) in [5, 5.41) is 5.88. The van der Waals surface area contributed by atoms with Gasteiger partial charge < -0.3 is 19.9 Å². The molecule has 0 aliphatic carbocycles. The van der Waals surface area contributed by atoms with Crippen LogP contribution in [-0.4, -0.2) is 33.5 Å². The summed E-state index contributed by atoms with van der Waals surface area (Å²) in [7, 11) is 0. The van der Waals surface area contributed by atoms with E-state index >= 15 is 0 Å². The van der Waals surface area contributed by atoms with Crippen molar-refractivity contribution in [2.45, 2.75) is 25.5 Å². The Balaban J connectivity index is 1.61. The van der Waals surface area contributed by atoms with Gasteiger partial charge in [0.25, 0.3) is 17.4 Å². The van der Waals surface area contributed by atoms with E-state index in [-0.39, 0.29) is 0 Å². The molecular weight excluding hydrogens is 332 g/mol. The van der Waals surface area contributed by atoms with E-state index in [1.807, 2.05) is 10.8 Å². The number of halogens is 1. The molecule has 2 amide bonds. The molecule has 1 aromatic carbocycles. The van der Waals surface area contributed by atoms with Crippen molar-refractivity contribution in [3.63, 3.8) is 0 Å². The summed E-state index contributed by atoms with van der Waals surface area (Å²) in [6, 6.07) is 4.85. The molecule has 2 heterocycles. The minimum absolute atomic E-state index is 0.412. The van der Waals surface area contributed by atoms with E-state index in [4.69, 9.17) is 16.3 Å². The van der Waals surface area contributed by atoms with E-state index in [0.717, 1.165) is 6.54 Å². The number of carbonyl (C=O) groups excluding carboxylic acids is 2. The minimum Gasteiger partial charge on any atom is -0.466 e. The van der Waals surface area contributed by atoms with Gasteiger partial charge in [0.1, 0.15) is 5.75 Å². The van der Waals surface area contributed by atoms with Crippen molar-refractivity contribution in [1.82, 2.24) is 14.9 Å².